The number of rotatable bonds is 1. The van der Waals surface area contributed by atoms with E-state index in [0.717, 1.165) is 0 Å². The summed E-state index contributed by atoms with van der Waals surface area (Å²) in [6, 6.07) is 4.20. The molecule has 1 aromatic heterocycles. The molecule has 1 saturated heterocycles. The van der Waals surface area contributed by atoms with Gasteiger partial charge in [0, 0.05) is 17.9 Å². The fraction of sp³-hybridized carbons (Fsp3) is 0.545. The Morgan fingerprint density at radius 2 is 2.38 bits per heavy atom. The molecule has 0 bridgehead atoms. The van der Waals surface area contributed by atoms with Crippen molar-refractivity contribution in [3.63, 3.8) is 0 Å². The van der Waals surface area contributed by atoms with Crippen LogP contribution in [0.1, 0.15) is 25.3 Å². The first-order chi connectivity index (χ1) is 6.23. The van der Waals surface area contributed by atoms with Gasteiger partial charge in [0.05, 0.1) is 0 Å². The summed E-state index contributed by atoms with van der Waals surface area (Å²) in [4.78, 5) is 6.60. The Labute approximate surface area is 79.6 Å². The Hall–Kier alpha value is -0.890. The predicted molar refractivity (Wildman–Crippen MR) is 53.5 cm³/mol. The number of aromatic nitrogens is 1. The van der Waals surface area contributed by atoms with Crippen molar-refractivity contribution in [2.75, 3.05) is 13.6 Å². The van der Waals surface area contributed by atoms with Crippen LogP contribution in [0.2, 0.25) is 0 Å². The van der Waals surface area contributed by atoms with Crippen LogP contribution in [0.3, 0.4) is 0 Å². The smallest absolute Gasteiger partial charge is 0.0445 e. The summed E-state index contributed by atoms with van der Waals surface area (Å²) in [5, 5.41) is 0. The van der Waals surface area contributed by atoms with Crippen LogP contribution in [0.5, 0.6) is 0 Å². The number of likely N-dealkylation sites (tertiary alicyclic amines) is 1. The van der Waals surface area contributed by atoms with Gasteiger partial charge in [0.2, 0.25) is 0 Å². The fourth-order valence-corrected chi connectivity index (χ4v) is 2.14. The van der Waals surface area contributed by atoms with E-state index in [0.29, 0.717) is 0 Å². The zero-order valence-corrected chi connectivity index (χ0v) is 8.33. The van der Waals surface area contributed by atoms with Crippen molar-refractivity contribution in [3.8, 4) is 0 Å². The highest BCUT2D eigenvalue weighted by atomic mass is 15.2. The van der Waals surface area contributed by atoms with E-state index in [4.69, 9.17) is 0 Å². The molecule has 1 aliphatic rings. The van der Waals surface area contributed by atoms with Crippen molar-refractivity contribution in [2.45, 2.75) is 25.3 Å². The molecule has 13 heavy (non-hydrogen) atoms. The van der Waals surface area contributed by atoms with Gasteiger partial charge in [-0.3, -0.25) is 9.88 Å². The Bertz CT molecular complexity index is 283. The maximum atomic E-state index is 4.18. The molecule has 1 fully saturated rings. The molecule has 1 unspecified atom stereocenters. The summed E-state index contributed by atoms with van der Waals surface area (Å²) < 4.78 is 0. The average Bonchev–Trinajstić information content (AvgIpc) is 2.50. The SMILES string of the molecule is CN1CCCC1(C)c1cccnc1. The molecule has 70 valence electrons. The van der Waals surface area contributed by atoms with E-state index in [2.05, 4.69) is 29.9 Å². The molecule has 0 N–H and O–H groups in total. The molecule has 2 heteroatoms. The van der Waals surface area contributed by atoms with Crippen LogP contribution in [0, 0.1) is 0 Å². The lowest BCUT2D eigenvalue weighted by atomic mass is 9.91. The van der Waals surface area contributed by atoms with E-state index in [1.807, 2.05) is 18.5 Å². The third-order valence-corrected chi connectivity index (χ3v) is 3.28. The summed E-state index contributed by atoms with van der Waals surface area (Å²) in [6.45, 7) is 3.50. The van der Waals surface area contributed by atoms with Crippen LogP contribution < -0.4 is 0 Å². The number of pyridine rings is 1. The summed E-state index contributed by atoms with van der Waals surface area (Å²) in [5.41, 5.74) is 1.56. The molecule has 1 atom stereocenters. The highest BCUT2D eigenvalue weighted by molar-refractivity contribution is 5.21. The number of hydrogen-bond acceptors (Lipinski definition) is 2. The van der Waals surface area contributed by atoms with E-state index < -0.39 is 0 Å². The number of nitrogens with zero attached hydrogens (tertiary/aromatic N) is 2. The van der Waals surface area contributed by atoms with Gasteiger partial charge in [-0.25, -0.2) is 0 Å². The number of hydrogen-bond donors (Lipinski definition) is 0. The van der Waals surface area contributed by atoms with Crippen molar-refractivity contribution in [2.24, 2.45) is 0 Å². The summed E-state index contributed by atoms with van der Waals surface area (Å²) >= 11 is 0. The lowest BCUT2D eigenvalue weighted by Crippen LogP contribution is -2.35. The molecule has 0 spiro atoms. The van der Waals surface area contributed by atoms with Gasteiger partial charge in [-0.2, -0.15) is 0 Å². The first-order valence-electron chi connectivity index (χ1n) is 4.85. The summed E-state index contributed by atoms with van der Waals surface area (Å²) in [5.74, 6) is 0. The maximum absolute atomic E-state index is 4.18. The van der Waals surface area contributed by atoms with Gasteiger partial charge in [-0.1, -0.05) is 6.07 Å². The van der Waals surface area contributed by atoms with Crippen LogP contribution in [0.15, 0.2) is 24.5 Å². The van der Waals surface area contributed by atoms with Crippen LogP contribution in [0.25, 0.3) is 0 Å². The molecular weight excluding hydrogens is 160 g/mol. The van der Waals surface area contributed by atoms with Gasteiger partial charge >= 0.3 is 0 Å². The molecule has 0 amide bonds. The normalized spacial score (nSPS) is 29.4. The quantitative estimate of drug-likeness (QED) is 0.651. The molecular formula is C11H16N2. The van der Waals surface area contributed by atoms with Gasteiger partial charge in [-0.15, -0.1) is 0 Å². The summed E-state index contributed by atoms with van der Waals surface area (Å²) in [6.07, 6.45) is 6.36. The molecule has 2 heterocycles. The van der Waals surface area contributed by atoms with Gasteiger partial charge < -0.3 is 0 Å². The molecule has 2 nitrogen and oxygen atoms in total. The van der Waals surface area contributed by atoms with Gasteiger partial charge in [0.25, 0.3) is 0 Å². The monoisotopic (exact) mass is 176 g/mol. The second kappa shape index (κ2) is 3.11. The van der Waals surface area contributed by atoms with Crippen LogP contribution in [-0.2, 0) is 5.54 Å². The maximum Gasteiger partial charge on any atom is 0.0445 e. The van der Waals surface area contributed by atoms with Crippen molar-refractivity contribution >= 4 is 0 Å². The van der Waals surface area contributed by atoms with Gasteiger partial charge in [0.1, 0.15) is 0 Å². The molecule has 2 rings (SSSR count). The molecule has 0 aromatic carbocycles. The zero-order chi connectivity index (χ0) is 9.31. The minimum Gasteiger partial charge on any atom is -0.297 e. The lowest BCUT2D eigenvalue weighted by Gasteiger charge is -2.32. The zero-order valence-electron chi connectivity index (χ0n) is 8.33. The minimum atomic E-state index is 0.217. The van der Waals surface area contributed by atoms with Crippen molar-refractivity contribution in [1.82, 2.24) is 9.88 Å². The van der Waals surface area contributed by atoms with E-state index >= 15 is 0 Å². The van der Waals surface area contributed by atoms with E-state index in [-0.39, 0.29) is 5.54 Å². The summed E-state index contributed by atoms with van der Waals surface area (Å²) in [7, 11) is 2.19. The molecule has 0 radical (unpaired) electrons. The minimum absolute atomic E-state index is 0.217. The third kappa shape index (κ3) is 1.35. The highest BCUT2D eigenvalue weighted by Gasteiger charge is 2.35. The Morgan fingerprint density at radius 1 is 1.54 bits per heavy atom. The van der Waals surface area contributed by atoms with E-state index in [9.17, 15) is 0 Å². The standard InChI is InChI=1S/C11H16N2/c1-11(6-4-8-13(11)2)10-5-3-7-12-9-10/h3,5,7,9H,4,6,8H2,1-2H3. The molecule has 1 aromatic rings. The molecule has 1 aliphatic heterocycles. The van der Waals surface area contributed by atoms with E-state index in [1.54, 1.807) is 0 Å². The fourth-order valence-electron chi connectivity index (χ4n) is 2.14. The van der Waals surface area contributed by atoms with Crippen molar-refractivity contribution < 1.29 is 0 Å². The second-order valence-electron chi connectivity index (χ2n) is 4.04. The van der Waals surface area contributed by atoms with Crippen molar-refractivity contribution in [1.29, 1.82) is 0 Å². The topological polar surface area (TPSA) is 16.1 Å². The predicted octanol–water partition coefficient (Wildman–Crippen LogP) is 2.02. The highest BCUT2D eigenvalue weighted by Crippen LogP contribution is 2.36. The van der Waals surface area contributed by atoms with Crippen molar-refractivity contribution in [3.05, 3.63) is 30.1 Å². The van der Waals surface area contributed by atoms with Gasteiger partial charge in [-0.05, 0) is 45.0 Å². The second-order valence-corrected chi connectivity index (χ2v) is 4.04. The van der Waals surface area contributed by atoms with Crippen LogP contribution >= 0.6 is 0 Å². The molecule has 0 aliphatic carbocycles. The first-order valence-corrected chi connectivity index (χ1v) is 4.85. The third-order valence-electron chi connectivity index (χ3n) is 3.28. The lowest BCUT2D eigenvalue weighted by molar-refractivity contribution is 0.197. The first kappa shape index (κ1) is 8.70. The average molecular weight is 176 g/mol. The molecule has 0 saturated carbocycles. The Kier molecular flexibility index (Phi) is 2.08. The van der Waals surface area contributed by atoms with E-state index in [1.165, 1.54) is 24.9 Å². The Morgan fingerprint density at radius 3 is 2.92 bits per heavy atom. The largest absolute Gasteiger partial charge is 0.297 e. The van der Waals surface area contributed by atoms with Gasteiger partial charge in [0.15, 0.2) is 0 Å². The van der Waals surface area contributed by atoms with Crippen LogP contribution in [0.4, 0.5) is 0 Å². The van der Waals surface area contributed by atoms with Crippen LogP contribution in [-0.4, -0.2) is 23.5 Å². The Balaban J connectivity index is 2.34.